The summed E-state index contributed by atoms with van der Waals surface area (Å²) in [5.41, 5.74) is 5.82. The maximum absolute atomic E-state index is 12.1. The molecule has 1 aromatic heterocycles. The molecule has 0 aliphatic carbocycles. The molecule has 0 aliphatic heterocycles. The number of benzene rings is 1. The highest BCUT2D eigenvalue weighted by atomic mass is 35.5. The third kappa shape index (κ3) is 3.69. The predicted octanol–water partition coefficient (Wildman–Crippen LogP) is 0.882. The Morgan fingerprint density at radius 2 is 2.20 bits per heavy atom. The van der Waals surface area contributed by atoms with Crippen LogP contribution in [-0.2, 0) is 16.6 Å². The number of rotatable bonds is 6. The van der Waals surface area contributed by atoms with E-state index in [1.807, 2.05) is 0 Å². The molecule has 20 heavy (non-hydrogen) atoms. The Labute approximate surface area is 121 Å². The molecule has 0 amide bonds. The van der Waals surface area contributed by atoms with Crippen molar-refractivity contribution in [3.63, 3.8) is 0 Å². The molecule has 0 spiro atoms. The first kappa shape index (κ1) is 14.8. The molecule has 2 aromatic rings. The topological polar surface area (TPSA) is 103 Å². The number of sulfonamides is 1. The number of hydrogen-bond acceptors (Lipinski definition) is 5. The van der Waals surface area contributed by atoms with E-state index in [1.165, 1.54) is 12.1 Å². The SMILES string of the molecule is Nc1ccc(Cl)cc1S(=O)(=O)NCCCn1ccnn1. The summed E-state index contributed by atoms with van der Waals surface area (Å²) < 4.78 is 28.3. The van der Waals surface area contributed by atoms with Gasteiger partial charge in [0.15, 0.2) is 0 Å². The standard InChI is InChI=1S/C11H14ClN5O2S/c12-9-2-3-10(13)11(8-9)20(18,19)15-4-1-6-17-7-5-14-16-17/h2-3,5,7-8,15H,1,4,6,13H2. The van der Waals surface area contributed by atoms with Gasteiger partial charge in [0.2, 0.25) is 10.0 Å². The molecular weight excluding hydrogens is 302 g/mol. The molecule has 0 atom stereocenters. The van der Waals surface area contributed by atoms with Gasteiger partial charge in [0, 0.05) is 24.3 Å². The van der Waals surface area contributed by atoms with Gasteiger partial charge in [-0.05, 0) is 24.6 Å². The summed E-state index contributed by atoms with van der Waals surface area (Å²) in [6, 6.07) is 4.34. The van der Waals surface area contributed by atoms with Crippen molar-refractivity contribution in [2.24, 2.45) is 0 Å². The quantitative estimate of drug-likeness (QED) is 0.608. The number of anilines is 1. The van der Waals surface area contributed by atoms with Crippen LogP contribution < -0.4 is 10.5 Å². The van der Waals surface area contributed by atoms with Gasteiger partial charge in [0.05, 0.1) is 11.9 Å². The summed E-state index contributed by atoms with van der Waals surface area (Å²) in [7, 11) is -3.66. The Kier molecular flexibility index (Phi) is 4.58. The molecule has 108 valence electrons. The molecule has 0 saturated heterocycles. The monoisotopic (exact) mass is 315 g/mol. The third-order valence-electron chi connectivity index (χ3n) is 2.59. The van der Waals surface area contributed by atoms with Gasteiger partial charge in [-0.2, -0.15) is 0 Å². The van der Waals surface area contributed by atoms with Gasteiger partial charge in [-0.25, -0.2) is 13.1 Å². The van der Waals surface area contributed by atoms with E-state index in [2.05, 4.69) is 15.0 Å². The fourth-order valence-corrected chi connectivity index (χ4v) is 3.08. The van der Waals surface area contributed by atoms with E-state index in [-0.39, 0.29) is 17.1 Å². The zero-order valence-corrected chi connectivity index (χ0v) is 12.1. The highest BCUT2D eigenvalue weighted by molar-refractivity contribution is 7.89. The molecule has 2 rings (SSSR count). The molecule has 7 nitrogen and oxygen atoms in total. The molecule has 1 aromatic carbocycles. The van der Waals surface area contributed by atoms with Gasteiger partial charge in [-0.15, -0.1) is 5.10 Å². The first-order valence-corrected chi connectivity index (χ1v) is 7.74. The lowest BCUT2D eigenvalue weighted by Crippen LogP contribution is -2.26. The second kappa shape index (κ2) is 6.21. The van der Waals surface area contributed by atoms with E-state index >= 15 is 0 Å². The zero-order valence-electron chi connectivity index (χ0n) is 10.5. The van der Waals surface area contributed by atoms with Crippen molar-refractivity contribution in [2.45, 2.75) is 17.9 Å². The first-order valence-electron chi connectivity index (χ1n) is 5.88. The zero-order chi connectivity index (χ0) is 14.6. The third-order valence-corrected chi connectivity index (χ3v) is 4.34. The van der Waals surface area contributed by atoms with Crippen LogP contribution in [0.4, 0.5) is 5.69 Å². The molecule has 1 heterocycles. The summed E-state index contributed by atoms with van der Waals surface area (Å²) in [6.45, 7) is 0.849. The van der Waals surface area contributed by atoms with Crippen molar-refractivity contribution in [3.8, 4) is 0 Å². The fraction of sp³-hybridized carbons (Fsp3) is 0.273. The van der Waals surface area contributed by atoms with E-state index in [4.69, 9.17) is 17.3 Å². The Morgan fingerprint density at radius 3 is 2.90 bits per heavy atom. The van der Waals surface area contributed by atoms with E-state index in [1.54, 1.807) is 23.1 Å². The molecule has 9 heteroatoms. The van der Waals surface area contributed by atoms with Crippen molar-refractivity contribution >= 4 is 27.3 Å². The Morgan fingerprint density at radius 1 is 1.40 bits per heavy atom. The van der Waals surface area contributed by atoms with Crippen molar-refractivity contribution in [2.75, 3.05) is 12.3 Å². The number of hydrogen-bond donors (Lipinski definition) is 2. The molecule has 0 saturated carbocycles. The van der Waals surface area contributed by atoms with E-state index in [0.29, 0.717) is 18.0 Å². The minimum absolute atomic E-state index is 0.00856. The van der Waals surface area contributed by atoms with E-state index in [0.717, 1.165) is 0 Å². The van der Waals surface area contributed by atoms with Crippen molar-refractivity contribution in [1.82, 2.24) is 19.7 Å². The van der Waals surface area contributed by atoms with Gasteiger partial charge in [-0.3, -0.25) is 4.68 Å². The van der Waals surface area contributed by atoms with E-state index < -0.39 is 10.0 Å². The lowest BCUT2D eigenvalue weighted by atomic mass is 10.3. The average Bonchev–Trinajstić information content (AvgIpc) is 2.90. The molecule has 0 fully saturated rings. The minimum Gasteiger partial charge on any atom is -0.398 e. The maximum Gasteiger partial charge on any atom is 0.242 e. The number of nitrogen functional groups attached to an aromatic ring is 1. The smallest absolute Gasteiger partial charge is 0.242 e. The normalized spacial score (nSPS) is 11.7. The predicted molar refractivity (Wildman–Crippen MR) is 75.7 cm³/mol. The lowest BCUT2D eigenvalue weighted by molar-refractivity contribution is 0.542. The van der Waals surface area contributed by atoms with Gasteiger partial charge < -0.3 is 5.73 Å². The van der Waals surface area contributed by atoms with Gasteiger partial charge in [0.25, 0.3) is 0 Å². The Balaban J connectivity index is 1.95. The van der Waals surface area contributed by atoms with Crippen molar-refractivity contribution < 1.29 is 8.42 Å². The number of aromatic nitrogens is 3. The van der Waals surface area contributed by atoms with E-state index in [9.17, 15) is 8.42 Å². The molecule has 3 N–H and O–H groups in total. The number of nitrogens with one attached hydrogen (secondary N) is 1. The summed E-state index contributed by atoms with van der Waals surface area (Å²) >= 11 is 5.79. The average molecular weight is 316 g/mol. The number of aryl methyl sites for hydroxylation is 1. The first-order chi connectivity index (χ1) is 9.49. The van der Waals surface area contributed by atoms with Crippen LogP contribution in [0.1, 0.15) is 6.42 Å². The second-order valence-electron chi connectivity index (χ2n) is 4.10. The highest BCUT2D eigenvalue weighted by Crippen LogP contribution is 2.22. The second-order valence-corrected chi connectivity index (χ2v) is 6.27. The van der Waals surface area contributed by atoms with Crippen LogP contribution in [0.3, 0.4) is 0 Å². The highest BCUT2D eigenvalue weighted by Gasteiger charge is 2.17. The minimum atomic E-state index is -3.66. The number of halogens is 1. The van der Waals surface area contributed by atoms with Crippen LogP contribution in [0, 0.1) is 0 Å². The molecular formula is C11H14ClN5O2S. The maximum atomic E-state index is 12.1. The number of nitrogens with two attached hydrogens (primary N) is 1. The van der Waals surface area contributed by atoms with Crippen LogP contribution >= 0.6 is 11.6 Å². The van der Waals surface area contributed by atoms with Crippen LogP contribution in [0.2, 0.25) is 5.02 Å². The van der Waals surface area contributed by atoms with Crippen LogP contribution in [0.15, 0.2) is 35.5 Å². The van der Waals surface area contributed by atoms with Crippen LogP contribution in [0.5, 0.6) is 0 Å². The van der Waals surface area contributed by atoms with Gasteiger partial charge >= 0.3 is 0 Å². The summed E-state index contributed by atoms with van der Waals surface area (Å²) in [5.74, 6) is 0. The summed E-state index contributed by atoms with van der Waals surface area (Å²) in [5, 5.41) is 7.77. The van der Waals surface area contributed by atoms with Crippen LogP contribution in [0.25, 0.3) is 0 Å². The largest absolute Gasteiger partial charge is 0.398 e. The molecule has 0 radical (unpaired) electrons. The van der Waals surface area contributed by atoms with Crippen molar-refractivity contribution in [3.05, 3.63) is 35.6 Å². The molecule has 0 bridgehead atoms. The summed E-state index contributed by atoms with van der Waals surface area (Å²) in [4.78, 5) is -0.00856. The summed E-state index contributed by atoms with van der Waals surface area (Å²) in [6.07, 6.45) is 3.86. The molecule has 0 unspecified atom stereocenters. The van der Waals surface area contributed by atoms with Gasteiger partial charge in [-0.1, -0.05) is 16.8 Å². The Hall–Kier alpha value is -1.64. The molecule has 0 aliphatic rings. The van der Waals surface area contributed by atoms with Crippen LogP contribution in [-0.4, -0.2) is 30.0 Å². The van der Waals surface area contributed by atoms with Gasteiger partial charge in [0.1, 0.15) is 4.90 Å². The fourth-order valence-electron chi connectivity index (χ4n) is 1.62. The van der Waals surface area contributed by atoms with Crippen molar-refractivity contribution in [1.29, 1.82) is 0 Å². The number of nitrogens with zero attached hydrogens (tertiary/aromatic N) is 3. The Bertz CT molecular complexity index is 672. The lowest BCUT2D eigenvalue weighted by Gasteiger charge is -2.09.